The average molecular weight is 380 g/mol. The van der Waals surface area contributed by atoms with Crippen molar-refractivity contribution in [3.63, 3.8) is 0 Å². The topological polar surface area (TPSA) is 34.9 Å². The summed E-state index contributed by atoms with van der Waals surface area (Å²) in [6.45, 7) is 3.95. The first-order valence-electron chi connectivity index (χ1n) is 9.98. The van der Waals surface area contributed by atoms with Crippen LogP contribution < -0.4 is 5.56 Å². The van der Waals surface area contributed by atoms with Gasteiger partial charge in [-0.15, -0.1) is 0 Å². The van der Waals surface area contributed by atoms with Gasteiger partial charge in [-0.1, -0.05) is 79.7 Å². The molecule has 3 heteroatoms. The van der Waals surface area contributed by atoms with Crippen LogP contribution in [0.15, 0.2) is 89.7 Å². The van der Waals surface area contributed by atoms with Crippen LogP contribution in [-0.4, -0.2) is 9.55 Å². The molecule has 1 heterocycles. The minimum atomic E-state index is 0.0210. The first-order chi connectivity index (χ1) is 14.2. The number of aryl methyl sites for hydroxylation is 2. The van der Waals surface area contributed by atoms with Crippen molar-refractivity contribution in [1.29, 1.82) is 0 Å². The summed E-state index contributed by atoms with van der Waals surface area (Å²) in [5.74, 6) is 0.723. The summed E-state index contributed by atoms with van der Waals surface area (Å²) >= 11 is 0. The number of para-hydroxylation sites is 1. The molecule has 0 aliphatic rings. The molecular weight excluding hydrogens is 356 g/mol. The minimum absolute atomic E-state index is 0.0210. The van der Waals surface area contributed by atoms with Gasteiger partial charge in [0.05, 0.1) is 11.4 Å². The summed E-state index contributed by atoms with van der Waals surface area (Å²) in [7, 11) is 0. The minimum Gasteiger partial charge on any atom is -0.269 e. The first kappa shape index (κ1) is 18.9. The standard InChI is InChI=1S/C26H24N2O/c1-3-25-24(26(29)28(19(2)27-25)23-12-8-5-9-13-23)18-20-14-16-22(17-15-20)21-10-6-4-7-11-21/h4-17H,3,18H2,1-2H3. The Morgan fingerprint density at radius 1 is 0.793 bits per heavy atom. The van der Waals surface area contributed by atoms with Crippen molar-refractivity contribution >= 4 is 0 Å². The van der Waals surface area contributed by atoms with E-state index in [-0.39, 0.29) is 5.56 Å². The molecule has 0 bridgehead atoms. The number of benzene rings is 3. The molecule has 1 aromatic heterocycles. The van der Waals surface area contributed by atoms with Crippen molar-refractivity contribution < 1.29 is 0 Å². The highest BCUT2D eigenvalue weighted by atomic mass is 16.1. The SMILES string of the molecule is CCc1nc(C)n(-c2ccccc2)c(=O)c1Cc1ccc(-c2ccccc2)cc1. The Kier molecular flexibility index (Phi) is 5.39. The Hall–Kier alpha value is -3.46. The molecule has 0 fully saturated rings. The maximum atomic E-state index is 13.4. The predicted octanol–water partition coefficient (Wildman–Crippen LogP) is 5.36. The zero-order valence-corrected chi connectivity index (χ0v) is 16.8. The second kappa shape index (κ2) is 8.27. The summed E-state index contributed by atoms with van der Waals surface area (Å²) in [5.41, 5.74) is 6.01. The summed E-state index contributed by atoms with van der Waals surface area (Å²) in [4.78, 5) is 18.1. The molecule has 3 aromatic carbocycles. The normalized spacial score (nSPS) is 10.8. The van der Waals surface area contributed by atoms with Gasteiger partial charge in [0.15, 0.2) is 0 Å². The van der Waals surface area contributed by atoms with Crippen LogP contribution in [0.25, 0.3) is 16.8 Å². The monoisotopic (exact) mass is 380 g/mol. The van der Waals surface area contributed by atoms with E-state index in [2.05, 4.69) is 43.3 Å². The maximum absolute atomic E-state index is 13.4. The van der Waals surface area contributed by atoms with E-state index in [0.29, 0.717) is 6.42 Å². The zero-order chi connectivity index (χ0) is 20.2. The molecule has 0 aliphatic heterocycles. The zero-order valence-electron chi connectivity index (χ0n) is 16.8. The molecule has 29 heavy (non-hydrogen) atoms. The number of nitrogens with zero attached hydrogens (tertiary/aromatic N) is 2. The molecule has 0 spiro atoms. The maximum Gasteiger partial charge on any atom is 0.261 e. The van der Waals surface area contributed by atoms with Crippen molar-refractivity contribution in [2.45, 2.75) is 26.7 Å². The lowest BCUT2D eigenvalue weighted by atomic mass is 9.99. The van der Waals surface area contributed by atoms with E-state index in [1.165, 1.54) is 11.1 Å². The van der Waals surface area contributed by atoms with Crippen molar-refractivity contribution in [3.8, 4) is 16.8 Å². The number of hydrogen-bond acceptors (Lipinski definition) is 2. The van der Waals surface area contributed by atoms with E-state index >= 15 is 0 Å². The fourth-order valence-electron chi connectivity index (χ4n) is 3.72. The summed E-state index contributed by atoms with van der Waals surface area (Å²) in [6, 6.07) is 28.5. The number of hydrogen-bond donors (Lipinski definition) is 0. The second-order valence-electron chi connectivity index (χ2n) is 7.15. The fraction of sp³-hybridized carbons (Fsp3) is 0.154. The molecule has 0 saturated heterocycles. The van der Waals surface area contributed by atoms with Gasteiger partial charge in [-0.25, -0.2) is 4.98 Å². The molecule has 0 unspecified atom stereocenters. The van der Waals surface area contributed by atoms with E-state index in [1.54, 1.807) is 4.57 Å². The van der Waals surface area contributed by atoms with E-state index in [0.717, 1.165) is 34.8 Å². The fourth-order valence-corrected chi connectivity index (χ4v) is 3.72. The van der Waals surface area contributed by atoms with E-state index < -0.39 is 0 Å². The summed E-state index contributed by atoms with van der Waals surface area (Å²) < 4.78 is 1.72. The molecule has 0 atom stereocenters. The third-order valence-electron chi connectivity index (χ3n) is 5.22. The first-order valence-corrected chi connectivity index (χ1v) is 9.98. The van der Waals surface area contributed by atoms with E-state index in [4.69, 9.17) is 4.98 Å². The van der Waals surface area contributed by atoms with Crippen molar-refractivity contribution in [2.75, 3.05) is 0 Å². The molecule has 4 aromatic rings. The summed E-state index contributed by atoms with van der Waals surface area (Å²) in [6.07, 6.45) is 1.32. The molecule has 3 nitrogen and oxygen atoms in total. The molecule has 0 saturated carbocycles. The van der Waals surface area contributed by atoms with Gasteiger partial charge in [-0.05, 0) is 42.2 Å². The molecule has 144 valence electrons. The quantitative estimate of drug-likeness (QED) is 0.467. The van der Waals surface area contributed by atoms with Gasteiger partial charge in [-0.2, -0.15) is 0 Å². The van der Waals surface area contributed by atoms with Crippen molar-refractivity contribution in [1.82, 2.24) is 9.55 Å². The highest BCUT2D eigenvalue weighted by Gasteiger charge is 2.15. The summed E-state index contributed by atoms with van der Waals surface area (Å²) in [5, 5.41) is 0. The molecule has 0 aliphatic carbocycles. The Balaban J connectivity index is 1.72. The second-order valence-corrected chi connectivity index (χ2v) is 7.15. The van der Waals surface area contributed by atoms with E-state index in [1.807, 2.05) is 55.5 Å². The molecule has 0 radical (unpaired) electrons. The van der Waals surface area contributed by atoms with Gasteiger partial charge in [0.2, 0.25) is 0 Å². The van der Waals surface area contributed by atoms with Crippen LogP contribution in [-0.2, 0) is 12.8 Å². The smallest absolute Gasteiger partial charge is 0.261 e. The predicted molar refractivity (Wildman–Crippen MR) is 119 cm³/mol. The van der Waals surface area contributed by atoms with Crippen LogP contribution in [0.3, 0.4) is 0 Å². The number of rotatable bonds is 5. The third-order valence-corrected chi connectivity index (χ3v) is 5.22. The van der Waals surface area contributed by atoms with Gasteiger partial charge in [0.25, 0.3) is 5.56 Å². The highest BCUT2D eigenvalue weighted by Crippen LogP contribution is 2.21. The third kappa shape index (κ3) is 3.90. The van der Waals surface area contributed by atoms with Crippen LogP contribution in [0, 0.1) is 6.92 Å². The lowest BCUT2D eigenvalue weighted by molar-refractivity contribution is 0.803. The van der Waals surface area contributed by atoms with Crippen LogP contribution in [0.5, 0.6) is 0 Å². The lowest BCUT2D eigenvalue weighted by Gasteiger charge is -2.15. The Morgan fingerprint density at radius 3 is 2.00 bits per heavy atom. The van der Waals surface area contributed by atoms with Crippen LogP contribution in [0.1, 0.15) is 29.6 Å². The Morgan fingerprint density at radius 2 is 1.38 bits per heavy atom. The molecule has 4 rings (SSSR count). The Bertz CT molecular complexity index is 1160. The molecule has 0 amide bonds. The highest BCUT2D eigenvalue weighted by molar-refractivity contribution is 5.63. The lowest BCUT2D eigenvalue weighted by Crippen LogP contribution is -2.28. The largest absolute Gasteiger partial charge is 0.269 e. The van der Waals surface area contributed by atoms with Gasteiger partial charge in [0.1, 0.15) is 5.82 Å². The molecule has 0 N–H and O–H groups in total. The van der Waals surface area contributed by atoms with Crippen LogP contribution in [0.4, 0.5) is 0 Å². The van der Waals surface area contributed by atoms with Gasteiger partial charge < -0.3 is 0 Å². The molecular formula is C26H24N2O. The van der Waals surface area contributed by atoms with Gasteiger partial charge in [-0.3, -0.25) is 9.36 Å². The van der Waals surface area contributed by atoms with Crippen molar-refractivity contribution in [3.05, 3.63) is 118 Å². The average Bonchev–Trinajstić information content (AvgIpc) is 2.77. The van der Waals surface area contributed by atoms with Crippen molar-refractivity contribution in [2.24, 2.45) is 0 Å². The van der Waals surface area contributed by atoms with Crippen LogP contribution in [0.2, 0.25) is 0 Å². The van der Waals surface area contributed by atoms with Crippen LogP contribution >= 0.6 is 0 Å². The number of aromatic nitrogens is 2. The van der Waals surface area contributed by atoms with Gasteiger partial charge in [0, 0.05) is 12.0 Å². The van der Waals surface area contributed by atoms with Gasteiger partial charge >= 0.3 is 0 Å². The van der Waals surface area contributed by atoms with E-state index in [9.17, 15) is 4.79 Å². The Labute approximate surface area is 171 Å².